The maximum absolute atomic E-state index is 12.4. The van der Waals surface area contributed by atoms with Crippen molar-refractivity contribution in [1.82, 2.24) is 9.88 Å². The van der Waals surface area contributed by atoms with E-state index in [0.29, 0.717) is 10.7 Å². The summed E-state index contributed by atoms with van der Waals surface area (Å²) in [6.45, 7) is 4.62. The molecule has 0 aliphatic carbocycles. The highest BCUT2D eigenvalue weighted by Crippen LogP contribution is 2.30. The average Bonchev–Trinajstić information content (AvgIpc) is 2.86. The van der Waals surface area contributed by atoms with Gasteiger partial charge in [0.1, 0.15) is 10.7 Å². The Hall–Kier alpha value is -1.34. The van der Waals surface area contributed by atoms with E-state index in [1.807, 2.05) is 7.05 Å². The Kier molecular flexibility index (Phi) is 5.41. The molecular formula is C14H25N5OS. The lowest BCUT2D eigenvalue weighted by molar-refractivity contribution is 0.0799. The molecule has 0 bridgehead atoms. The number of carbonyl (C=O) groups excluding carboxylic acids is 1. The van der Waals surface area contributed by atoms with Crippen molar-refractivity contribution in [1.29, 1.82) is 0 Å². The van der Waals surface area contributed by atoms with Gasteiger partial charge in [-0.25, -0.2) is 4.98 Å². The van der Waals surface area contributed by atoms with Gasteiger partial charge in [0.2, 0.25) is 0 Å². The van der Waals surface area contributed by atoms with Crippen LogP contribution in [-0.4, -0.2) is 48.5 Å². The maximum Gasteiger partial charge on any atom is 0.267 e. The van der Waals surface area contributed by atoms with Crippen LogP contribution in [0.2, 0.25) is 0 Å². The van der Waals surface area contributed by atoms with Crippen LogP contribution in [0.3, 0.4) is 0 Å². The molecule has 1 amide bonds. The van der Waals surface area contributed by atoms with Gasteiger partial charge in [0.15, 0.2) is 5.13 Å². The number of anilines is 2. The van der Waals surface area contributed by atoms with E-state index in [4.69, 9.17) is 11.5 Å². The fourth-order valence-corrected chi connectivity index (χ4v) is 3.40. The van der Waals surface area contributed by atoms with Crippen molar-refractivity contribution in [2.75, 3.05) is 37.3 Å². The van der Waals surface area contributed by atoms with Crippen LogP contribution in [0, 0.1) is 0 Å². The van der Waals surface area contributed by atoms with Crippen molar-refractivity contribution in [3.05, 3.63) is 4.88 Å². The van der Waals surface area contributed by atoms with E-state index in [-0.39, 0.29) is 11.9 Å². The lowest BCUT2D eigenvalue weighted by atomic mass is 10.1. The van der Waals surface area contributed by atoms with Crippen LogP contribution >= 0.6 is 11.3 Å². The molecule has 0 radical (unpaired) electrons. The number of aromatic nitrogens is 1. The van der Waals surface area contributed by atoms with Gasteiger partial charge in [0, 0.05) is 32.7 Å². The van der Waals surface area contributed by atoms with Crippen LogP contribution in [0.1, 0.15) is 42.3 Å². The molecule has 0 spiro atoms. The molecule has 1 aliphatic rings. The molecule has 0 atom stereocenters. The smallest absolute Gasteiger partial charge is 0.267 e. The summed E-state index contributed by atoms with van der Waals surface area (Å²) in [5.74, 6) is 0.316. The number of hydrogen-bond donors (Lipinski definition) is 2. The minimum absolute atomic E-state index is 0.0292. The molecule has 1 fully saturated rings. The van der Waals surface area contributed by atoms with E-state index in [2.05, 4.69) is 16.8 Å². The van der Waals surface area contributed by atoms with E-state index < -0.39 is 0 Å². The number of hydrogen-bond acceptors (Lipinski definition) is 6. The summed E-state index contributed by atoms with van der Waals surface area (Å²) in [4.78, 5) is 21.2. The molecule has 0 saturated carbocycles. The normalized spacial score (nSPS) is 16.2. The predicted molar refractivity (Wildman–Crippen MR) is 87.8 cm³/mol. The van der Waals surface area contributed by atoms with Crippen LogP contribution in [0.4, 0.5) is 10.9 Å². The Morgan fingerprint density at radius 2 is 2.14 bits per heavy atom. The Balaban J connectivity index is 2.06. The standard InChI is InChI=1S/C14H25N5OS/c1-3-4-7-18(2)13(20)11-12(16)17-14(21-11)19-8-5-10(15)6-9-19/h10H,3-9,15-16H2,1-2H3. The minimum atomic E-state index is -0.0292. The van der Waals surface area contributed by atoms with Crippen molar-refractivity contribution in [2.45, 2.75) is 38.6 Å². The van der Waals surface area contributed by atoms with Crippen LogP contribution in [-0.2, 0) is 0 Å². The first kappa shape index (κ1) is 16.0. The van der Waals surface area contributed by atoms with E-state index in [0.717, 1.165) is 50.4 Å². The average molecular weight is 311 g/mol. The number of unbranched alkanes of at least 4 members (excludes halogenated alkanes) is 1. The van der Waals surface area contributed by atoms with Crippen LogP contribution < -0.4 is 16.4 Å². The first-order chi connectivity index (χ1) is 10.0. The first-order valence-corrected chi connectivity index (χ1v) is 8.36. The number of nitrogens with zero attached hydrogens (tertiary/aromatic N) is 3. The number of carbonyl (C=O) groups is 1. The second-order valence-corrected chi connectivity index (χ2v) is 6.59. The van der Waals surface area contributed by atoms with Crippen molar-refractivity contribution >= 4 is 28.2 Å². The molecule has 4 N–H and O–H groups in total. The second-order valence-electron chi connectivity index (χ2n) is 5.62. The molecule has 2 rings (SSSR count). The topological polar surface area (TPSA) is 88.5 Å². The van der Waals surface area contributed by atoms with Gasteiger partial charge in [0.05, 0.1) is 0 Å². The van der Waals surface area contributed by atoms with Gasteiger partial charge in [-0.1, -0.05) is 24.7 Å². The summed E-state index contributed by atoms with van der Waals surface area (Å²) < 4.78 is 0. The number of amides is 1. The van der Waals surface area contributed by atoms with Crippen LogP contribution in [0.15, 0.2) is 0 Å². The molecule has 0 unspecified atom stereocenters. The number of nitrogens with two attached hydrogens (primary N) is 2. The molecule has 7 heteroatoms. The van der Waals surface area contributed by atoms with Gasteiger partial charge >= 0.3 is 0 Å². The van der Waals surface area contributed by atoms with Crippen LogP contribution in [0.25, 0.3) is 0 Å². The van der Waals surface area contributed by atoms with Crippen molar-refractivity contribution in [2.24, 2.45) is 5.73 Å². The summed E-state index contributed by atoms with van der Waals surface area (Å²) in [7, 11) is 1.82. The van der Waals surface area contributed by atoms with Gasteiger partial charge < -0.3 is 21.3 Å². The fourth-order valence-electron chi connectivity index (χ4n) is 2.37. The molecule has 0 aromatic carbocycles. The summed E-state index contributed by atoms with van der Waals surface area (Å²) in [5.41, 5.74) is 11.9. The van der Waals surface area contributed by atoms with Gasteiger partial charge in [0.25, 0.3) is 5.91 Å². The highest BCUT2D eigenvalue weighted by atomic mass is 32.1. The lowest BCUT2D eigenvalue weighted by Gasteiger charge is -2.29. The number of rotatable bonds is 5. The minimum Gasteiger partial charge on any atom is -0.382 e. The van der Waals surface area contributed by atoms with Crippen molar-refractivity contribution in [3.8, 4) is 0 Å². The van der Waals surface area contributed by atoms with Gasteiger partial charge in [-0.15, -0.1) is 0 Å². The Morgan fingerprint density at radius 3 is 2.76 bits per heavy atom. The van der Waals surface area contributed by atoms with Crippen molar-refractivity contribution in [3.63, 3.8) is 0 Å². The highest BCUT2D eigenvalue weighted by molar-refractivity contribution is 7.18. The summed E-state index contributed by atoms with van der Waals surface area (Å²) in [5, 5.41) is 0.839. The molecule has 1 saturated heterocycles. The lowest BCUT2D eigenvalue weighted by Crippen LogP contribution is -2.39. The third-order valence-electron chi connectivity index (χ3n) is 3.84. The molecule has 1 aromatic heterocycles. The molecule has 118 valence electrons. The Morgan fingerprint density at radius 1 is 1.48 bits per heavy atom. The Labute approximate surface area is 130 Å². The summed E-state index contributed by atoms with van der Waals surface area (Å²) in [6.07, 6.45) is 3.98. The third kappa shape index (κ3) is 3.85. The largest absolute Gasteiger partial charge is 0.382 e. The van der Waals surface area contributed by atoms with Gasteiger partial charge in [-0.3, -0.25) is 4.79 Å². The van der Waals surface area contributed by atoms with Gasteiger partial charge in [-0.05, 0) is 19.3 Å². The first-order valence-electron chi connectivity index (χ1n) is 7.55. The van der Waals surface area contributed by atoms with Crippen LogP contribution in [0.5, 0.6) is 0 Å². The molecule has 21 heavy (non-hydrogen) atoms. The zero-order valence-electron chi connectivity index (χ0n) is 12.8. The fraction of sp³-hybridized carbons (Fsp3) is 0.714. The molecular weight excluding hydrogens is 286 g/mol. The summed E-state index contributed by atoms with van der Waals surface area (Å²) in [6, 6.07) is 0.278. The highest BCUT2D eigenvalue weighted by Gasteiger charge is 2.24. The zero-order valence-corrected chi connectivity index (χ0v) is 13.7. The second kappa shape index (κ2) is 7.09. The Bertz CT molecular complexity index is 482. The van der Waals surface area contributed by atoms with E-state index in [1.165, 1.54) is 11.3 Å². The number of thiazole rings is 1. The van der Waals surface area contributed by atoms with Gasteiger partial charge in [-0.2, -0.15) is 0 Å². The van der Waals surface area contributed by atoms with E-state index in [9.17, 15) is 4.79 Å². The molecule has 1 aliphatic heterocycles. The maximum atomic E-state index is 12.4. The zero-order chi connectivity index (χ0) is 15.4. The third-order valence-corrected chi connectivity index (χ3v) is 4.96. The van der Waals surface area contributed by atoms with E-state index >= 15 is 0 Å². The molecule has 6 nitrogen and oxygen atoms in total. The monoisotopic (exact) mass is 311 g/mol. The quantitative estimate of drug-likeness (QED) is 0.861. The number of nitrogen functional groups attached to an aromatic ring is 1. The molecule has 2 heterocycles. The molecule has 1 aromatic rings. The predicted octanol–water partition coefficient (Wildman–Crippen LogP) is 1.52. The van der Waals surface area contributed by atoms with E-state index in [1.54, 1.807) is 4.90 Å². The van der Waals surface area contributed by atoms with Crippen molar-refractivity contribution < 1.29 is 4.79 Å². The number of piperidine rings is 1. The SMILES string of the molecule is CCCCN(C)C(=O)c1sc(N2CCC(N)CC2)nc1N. The summed E-state index contributed by atoms with van der Waals surface area (Å²) >= 11 is 1.39.